The van der Waals surface area contributed by atoms with Crippen LogP contribution in [0.15, 0.2) is 34.3 Å². The zero-order chi connectivity index (χ0) is 10.7. The summed E-state index contributed by atoms with van der Waals surface area (Å²) in [6.07, 6.45) is 5.87. The Morgan fingerprint density at radius 2 is 2.00 bits per heavy atom. The maximum atomic E-state index is 11.6. The summed E-state index contributed by atoms with van der Waals surface area (Å²) in [5.74, 6) is 0.321. The molecule has 0 bridgehead atoms. The van der Waals surface area contributed by atoms with Gasteiger partial charge in [-0.15, -0.1) is 0 Å². The Morgan fingerprint density at radius 3 is 2.73 bits per heavy atom. The number of benzene rings is 1. The number of allylic oxidation sites excluding steroid dienone is 1. The molecular formula is C13H13BrO. The fraction of sp³-hybridized carbons (Fsp3) is 0.308. The summed E-state index contributed by atoms with van der Waals surface area (Å²) in [6, 6.07) is 8.04. The van der Waals surface area contributed by atoms with Crippen LogP contribution in [0.1, 0.15) is 31.2 Å². The van der Waals surface area contributed by atoms with Crippen LogP contribution in [0.2, 0.25) is 0 Å². The zero-order valence-corrected chi connectivity index (χ0v) is 10.1. The molecule has 0 atom stereocenters. The lowest BCUT2D eigenvalue weighted by molar-refractivity contribution is -0.116. The van der Waals surface area contributed by atoms with Gasteiger partial charge in [-0.2, -0.15) is 0 Å². The molecule has 1 nitrogen and oxygen atoms in total. The third kappa shape index (κ3) is 2.78. The first-order valence-electron chi connectivity index (χ1n) is 5.25. The molecule has 0 heterocycles. The van der Waals surface area contributed by atoms with Crippen LogP contribution in [0.25, 0.3) is 6.08 Å². The van der Waals surface area contributed by atoms with Crippen molar-refractivity contribution >= 4 is 27.8 Å². The third-order valence-corrected chi connectivity index (χ3v) is 3.14. The average Bonchev–Trinajstić information content (AvgIpc) is 2.22. The molecule has 2 heteroatoms. The van der Waals surface area contributed by atoms with Crippen molar-refractivity contribution in [2.75, 3.05) is 0 Å². The molecule has 0 N–H and O–H groups in total. The van der Waals surface area contributed by atoms with Gasteiger partial charge in [-0.25, -0.2) is 0 Å². The predicted octanol–water partition coefficient (Wildman–Crippen LogP) is 3.98. The highest BCUT2D eigenvalue weighted by Crippen LogP contribution is 2.23. The molecule has 15 heavy (non-hydrogen) atoms. The molecule has 0 amide bonds. The molecule has 1 aromatic rings. The second-order valence-electron chi connectivity index (χ2n) is 3.85. The van der Waals surface area contributed by atoms with Gasteiger partial charge >= 0.3 is 0 Å². The van der Waals surface area contributed by atoms with Crippen molar-refractivity contribution in [1.82, 2.24) is 0 Å². The fourth-order valence-electron chi connectivity index (χ4n) is 1.85. The number of ketones is 1. The van der Waals surface area contributed by atoms with Crippen molar-refractivity contribution in [3.63, 3.8) is 0 Å². The molecule has 0 unspecified atom stereocenters. The van der Waals surface area contributed by atoms with Gasteiger partial charge in [-0.1, -0.05) is 28.1 Å². The Morgan fingerprint density at radius 1 is 1.20 bits per heavy atom. The number of Topliss-reactive ketones (excluding diaryl/α,β-unsaturated/α-hetero) is 1. The lowest BCUT2D eigenvalue weighted by atomic mass is 9.92. The van der Waals surface area contributed by atoms with Gasteiger partial charge in [0.2, 0.25) is 0 Å². The molecule has 0 saturated heterocycles. The van der Waals surface area contributed by atoms with E-state index < -0.39 is 0 Å². The van der Waals surface area contributed by atoms with Crippen LogP contribution in [-0.2, 0) is 4.79 Å². The number of halogens is 1. The quantitative estimate of drug-likeness (QED) is 0.702. The second-order valence-corrected chi connectivity index (χ2v) is 4.77. The molecule has 78 valence electrons. The van der Waals surface area contributed by atoms with E-state index in [9.17, 15) is 4.79 Å². The van der Waals surface area contributed by atoms with Gasteiger partial charge in [0.1, 0.15) is 0 Å². The largest absolute Gasteiger partial charge is 0.295 e. The van der Waals surface area contributed by atoms with Gasteiger partial charge in [0.15, 0.2) is 5.78 Å². The highest BCUT2D eigenvalue weighted by Gasteiger charge is 2.14. The van der Waals surface area contributed by atoms with E-state index in [-0.39, 0.29) is 0 Å². The minimum absolute atomic E-state index is 0.321. The van der Waals surface area contributed by atoms with Crippen LogP contribution in [0, 0.1) is 0 Å². The number of rotatable bonds is 1. The second kappa shape index (κ2) is 4.75. The van der Waals surface area contributed by atoms with Crippen LogP contribution in [0.3, 0.4) is 0 Å². The summed E-state index contributed by atoms with van der Waals surface area (Å²) < 4.78 is 1.06. The molecular weight excluding hydrogens is 252 g/mol. The van der Waals surface area contributed by atoms with Crippen molar-refractivity contribution in [3.8, 4) is 0 Å². The van der Waals surface area contributed by atoms with Gasteiger partial charge in [-0.05, 0) is 48.6 Å². The van der Waals surface area contributed by atoms with E-state index in [1.807, 2.05) is 30.3 Å². The fourth-order valence-corrected chi connectivity index (χ4v) is 2.27. The Labute approximate surface area is 98.3 Å². The monoisotopic (exact) mass is 264 g/mol. The Hall–Kier alpha value is -0.890. The smallest absolute Gasteiger partial charge is 0.158 e. The van der Waals surface area contributed by atoms with Crippen molar-refractivity contribution in [2.24, 2.45) is 0 Å². The van der Waals surface area contributed by atoms with Gasteiger partial charge in [0.25, 0.3) is 0 Å². The van der Waals surface area contributed by atoms with Gasteiger partial charge < -0.3 is 0 Å². The van der Waals surface area contributed by atoms with Crippen LogP contribution < -0.4 is 0 Å². The van der Waals surface area contributed by atoms with E-state index in [2.05, 4.69) is 15.9 Å². The normalized spacial score (nSPS) is 19.5. The van der Waals surface area contributed by atoms with Crippen molar-refractivity contribution in [3.05, 3.63) is 39.9 Å². The van der Waals surface area contributed by atoms with E-state index in [1.165, 1.54) is 0 Å². The molecule has 1 saturated carbocycles. The van der Waals surface area contributed by atoms with Crippen LogP contribution >= 0.6 is 15.9 Å². The Bertz CT molecular complexity index is 407. The Kier molecular flexibility index (Phi) is 3.37. The van der Waals surface area contributed by atoms with Crippen molar-refractivity contribution < 1.29 is 4.79 Å². The third-order valence-electron chi connectivity index (χ3n) is 2.65. The van der Waals surface area contributed by atoms with E-state index >= 15 is 0 Å². The zero-order valence-electron chi connectivity index (χ0n) is 8.50. The molecule has 0 aliphatic heterocycles. The first-order valence-corrected chi connectivity index (χ1v) is 6.04. The lowest BCUT2D eigenvalue weighted by Crippen LogP contribution is -2.07. The van der Waals surface area contributed by atoms with Gasteiger partial charge in [0.05, 0.1) is 0 Å². The maximum Gasteiger partial charge on any atom is 0.158 e. The van der Waals surface area contributed by atoms with Crippen molar-refractivity contribution in [2.45, 2.75) is 25.7 Å². The molecule has 2 rings (SSSR count). The summed E-state index contributed by atoms with van der Waals surface area (Å²) in [6.45, 7) is 0. The number of carbonyl (C=O) groups is 1. The lowest BCUT2D eigenvalue weighted by Gasteiger charge is -2.12. The highest BCUT2D eigenvalue weighted by atomic mass is 79.9. The Balaban J connectivity index is 2.25. The highest BCUT2D eigenvalue weighted by molar-refractivity contribution is 9.10. The molecule has 1 aromatic carbocycles. The van der Waals surface area contributed by atoms with E-state index in [0.29, 0.717) is 5.78 Å². The standard InChI is InChI=1S/C13H13BrO/c14-12-6-3-4-10(9-12)8-11-5-1-2-7-13(11)15/h3-4,6,8-9H,1-2,5,7H2. The molecule has 0 radical (unpaired) electrons. The molecule has 1 aliphatic carbocycles. The maximum absolute atomic E-state index is 11.6. The molecule has 1 aliphatic rings. The molecule has 0 aromatic heterocycles. The van der Waals surface area contributed by atoms with Crippen LogP contribution in [0.5, 0.6) is 0 Å². The van der Waals surface area contributed by atoms with Crippen molar-refractivity contribution in [1.29, 1.82) is 0 Å². The average molecular weight is 265 g/mol. The molecule has 0 spiro atoms. The first kappa shape index (κ1) is 10.6. The minimum atomic E-state index is 0.321. The van der Waals surface area contributed by atoms with Gasteiger partial charge in [0, 0.05) is 10.9 Å². The van der Waals surface area contributed by atoms with E-state index in [0.717, 1.165) is 41.3 Å². The van der Waals surface area contributed by atoms with E-state index in [1.54, 1.807) is 0 Å². The van der Waals surface area contributed by atoms with Gasteiger partial charge in [-0.3, -0.25) is 4.79 Å². The summed E-state index contributed by atoms with van der Waals surface area (Å²) >= 11 is 3.43. The first-order chi connectivity index (χ1) is 7.25. The van der Waals surface area contributed by atoms with Crippen LogP contribution in [0.4, 0.5) is 0 Å². The predicted molar refractivity (Wildman–Crippen MR) is 65.6 cm³/mol. The topological polar surface area (TPSA) is 17.1 Å². The number of hydrogen-bond acceptors (Lipinski definition) is 1. The number of carbonyl (C=O) groups excluding carboxylic acids is 1. The number of hydrogen-bond donors (Lipinski definition) is 0. The summed E-state index contributed by atoms with van der Waals surface area (Å²) in [7, 11) is 0. The molecule has 1 fully saturated rings. The summed E-state index contributed by atoms with van der Waals surface area (Å²) in [5, 5.41) is 0. The summed E-state index contributed by atoms with van der Waals surface area (Å²) in [5.41, 5.74) is 2.09. The summed E-state index contributed by atoms with van der Waals surface area (Å²) in [4.78, 5) is 11.6. The van der Waals surface area contributed by atoms with E-state index in [4.69, 9.17) is 0 Å². The minimum Gasteiger partial charge on any atom is -0.295 e. The SMILES string of the molecule is O=C1CCCCC1=Cc1cccc(Br)c1. The van der Waals surface area contributed by atoms with Crippen LogP contribution in [-0.4, -0.2) is 5.78 Å².